The minimum atomic E-state index is -0.0890. The topological polar surface area (TPSA) is 81.9 Å². The van der Waals surface area contributed by atoms with Crippen molar-refractivity contribution >= 4 is 44.9 Å². The van der Waals surface area contributed by atoms with E-state index in [0.29, 0.717) is 12.6 Å². The van der Waals surface area contributed by atoms with Crippen LogP contribution in [0.25, 0.3) is 32.2 Å². The number of nitrogens with one attached hydrogen (secondary N) is 1. The molecule has 0 spiro atoms. The second-order valence-corrected chi connectivity index (χ2v) is 12.0. The Labute approximate surface area is 242 Å². The first-order valence-corrected chi connectivity index (χ1v) is 15.5. The fourth-order valence-electron chi connectivity index (χ4n) is 4.95. The molecule has 1 aliphatic rings. The smallest absolute Gasteiger partial charge is 0.234 e. The lowest BCUT2D eigenvalue weighted by atomic mass is 10.2. The molecule has 1 saturated carbocycles. The van der Waals surface area contributed by atoms with Gasteiger partial charge in [-0.1, -0.05) is 17.8 Å². The normalized spacial score (nSPS) is 13.7. The highest BCUT2D eigenvalue weighted by Crippen LogP contribution is 2.32. The number of nitrogens with zero attached hydrogens (tertiary/aromatic N) is 4. The first-order chi connectivity index (χ1) is 19.6. The number of aromatic nitrogens is 4. The van der Waals surface area contributed by atoms with Crippen LogP contribution in [0.5, 0.6) is 5.75 Å². The van der Waals surface area contributed by atoms with Gasteiger partial charge in [0.15, 0.2) is 11.0 Å². The number of thiazole rings is 1. The van der Waals surface area contributed by atoms with Crippen molar-refractivity contribution < 1.29 is 9.53 Å². The summed E-state index contributed by atoms with van der Waals surface area (Å²) >= 11 is 3.06. The highest BCUT2D eigenvalue weighted by molar-refractivity contribution is 7.99. The molecule has 0 saturated heterocycles. The minimum Gasteiger partial charge on any atom is -0.490 e. The van der Waals surface area contributed by atoms with E-state index in [9.17, 15) is 4.79 Å². The summed E-state index contributed by atoms with van der Waals surface area (Å²) in [7, 11) is 0. The van der Waals surface area contributed by atoms with Gasteiger partial charge >= 0.3 is 0 Å². The number of carbonyl (C=O) groups is 1. The number of ether oxygens (including phenoxy) is 1. The summed E-state index contributed by atoms with van der Waals surface area (Å²) in [5.41, 5.74) is 5.00. The summed E-state index contributed by atoms with van der Waals surface area (Å²) in [6.45, 7) is 4.85. The number of amides is 1. The average Bonchev–Trinajstić information content (AvgIpc) is 3.72. The van der Waals surface area contributed by atoms with Crippen molar-refractivity contribution in [3.8, 4) is 27.7 Å². The van der Waals surface area contributed by atoms with E-state index in [1.54, 1.807) is 11.3 Å². The van der Waals surface area contributed by atoms with Gasteiger partial charge in [0.1, 0.15) is 10.8 Å². The molecule has 0 bridgehead atoms. The first-order valence-electron chi connectivity index (χ1n) is 13.7. The molecule has 7 nitrogen and oxygen atoms in total. The Balaban J connectivity index is 1.06. The maximum absolute atomic E-state index is 12.7. The molecule has 1 N–H and O–H groups in total. The Bertz CT molecular complexity index is 1620. The number of rotatable bonds is 9. The molecule has 0 unspecified atom stereocenters. The van der Waals surface area contributed by atoms with Crippen LogP contribution < -0.4 is 10.1 Å². The van der Waals surface area contributed by atoms with E-state index in [1.807, 2.05) is 53.1 Å². The quantitative estimate of drug-likeness (QED) is 0.184. The third-order valence-corrected chi connectivity index (χ3v) is 9.08. The molecule has 1 aliphatic carbocycles. The zero-order valence-electron chi connectivity index (χ0n) is 22.6. The number of carbonyl (C=O) groups excluding carboxylic acids is 1. The summed E-state index contributed by atoms with van der Waals surface area (Å²) in [5, 5.41) is 13.5. The van der Waals surface area contributed by atoms with E-state index < -0.39 is 0 Å². The summed E-state index contributed by atoms with van der Waals surface area (Å²) in [6.07, 6.45) is 5.10. The van der Waals surface area contributed by atoms with Crippen LogP contribution in [0.2, 0.25) is 0 Å². The van der Waals surface area contributed by atoms with Crippen LogP contribution in [0.1, 0.15) is 38.2 Å². The maximum Gasteiger partial charge on any atom is 0.234 e. The highest BCUT2D eigenvalue weighted by Gasteiger charge is 2.18. The number of hydrogen-bond donors (Lipinski definition) is 1. The number of aryl methyl sites for hydroxylation is 1. The van der Waals surface area contributed by atoms with Gasteiger partial charge in [0, 0.05) is 23.4 Å². The van der Waals surface area contributed by atoms with Crippen molar-refractivity contribution in [2.75, 3.05) is 11.1 Å². The van der Waals surface area contributed by atoms with Crippen LogP contribution in [0, 0.1) is 6.92 Å². The van der Waals surface area contributed by atoms with E-state index in [0.717, 1.165) is 56.9 Å². The summed E-state index contributed by atoms with van der Waals surface area (Å²) < 4.78 is 9.31. The maximum atomic E-state index is 12.7. The Morgan fingerprint density at radius 2 is 1.77 bits per heavy atom. The molecule has 2 aromatic heterocycles. The van der Waals surface area contributed by atoms with Crippen LogP contribution >= 0.6 is 23.1 Å². The Morgan fingerprint density at radius 3 is 2.52 bits per heavy atom. The van der Waals surface area contributed by atoms with Crippen molar-refractivity contribution in [2.45, 2.75) is 57.3 Å². The molecular weight excluding hydrogens is 539 g/mol. The van der Waals surface area contributed by atoms with Gasteiger partial charge in [-0.25, -0.2) is 4.98 Å². The number of benzene rings is 3. The monoisotopic (exact) mass is 569 g/mol. The third kappa shape index (κ3) is 5.90. The molecule has 0 radical (unpaired) electrons. The molecule has 0 aliphatic heterocycles. The van der Waals surface area contributed by atoms with Gasteiger partial charge in [-0.15, -0.1) is 21.5 Å². The van der Waals surface area contributed by atoms with Crippen molar-refractivity contribution in [1.29, 1.82) is 0 Å². The highest BCUT2D eigenvalue weighted by atomic mass is 32.2. The molecule has 0 atom stereocenters. The number of fused-ring (bicyclic) bond motifs is 1. The molecular formula is C31H31N5O2S2. The first kappa shape index (κ1) is 26.5. The molecule has 2 heterocycles. The van der Waals surface area contributed by atoms with Gasteiger partial charge in [-0.2, -0.15) is 0 Å². The molecule has 40 heavy (non-hydrogen) atoms. The largest absolute Gasteiger partial charge is 0.490 e. The van der Waals surface area contributed by atoms with Crippen LogP contribution in [-0.2, 0) is 11.3 Å². The third-order valence-electron chi connectivity index (χ3n) is 7.04. The summed E-state index contributed by atoms with van der Waals surface area (Å²) in [4.78, 5) is 17.5. The van der Waals surface area contributed by atoms with E-state index >= 15 is 0 Å². The van der Waals surface area contributed by atoms with Crippen LogP contribution in [0.3, 0.4) is 0 Å². The zero-order valence-corrected chi connectivity index (χ0v) is 24.2. The molecule has 9 heteroatoms. The van der Waals surface area contributed by atoms with E-state index in [1.165, 1.54) is 34.9 Å². The molecule has 1 amide bonds. The van der Waals surface area contributed by atoms with Gasteiger partial charge in [-0.05, 0) is 106 Å². The standard InChI is InChI=1S/C31H31N5O2S2/c1-3-36-29(21-11-15-25(16-12-21)38-24-6-4-5-7-24)34-35-31(36)39-19-28(37)32-23-13-9-22(10-14-23)30-33-26-17-8-20(2)18-27(26)40-30/h8-18,24H,3-7,19H2,1-2H3,(H,32,37). The van der Waals surface area contributed by atoms with Crippen molar-refractivity contribution in [3.05, 3.63) is 72.3 Å². The Kier molecular flexibility index (Phi) is 7.84. The van der Waals surface area contributed by atoms with Crippen molar-refractivity contribution in [1.82, 2.24) is 19.7 Å². The molecule has 1 fully saturated rings. The lowest BCUT2D eigenvalue weighted by Gasteiger charge is -2.13. The SMILES string of the molecule is CCn1c(SCC(=O)Nc2ccc(-c3nc4ccc(C)cc4s3)cc2)nnc1-c1ccc(OC2CCCC2)cc1. The van der Waals surface area contributed by atoms with E-state index in [-0.39, 0.29) is 11.7 Å². The lowest BCUT2D eigenvalue weighted by molar-refractivity contribution is -0.113. The second kappa shape index (κ2) is 11.8. The van der Waals surface area contributed by atoms with Crippen molar-refractivity contribution in [2.24, 2.45) is 0 Å². The molecule has 6 rings (SSSR count). The van der Waals surface area contributed by atoms with Gasteiger partial charge in [0.05, 0.1) is 22.1 Å². The predicted octanol–water partition coefficient (Wildman–Crippen LogP) is 7.60. The zero-order chi connectivity index (χ0) is 27.5. The number of anilines is 1. The van der Waals surface area contributed by atoms with Gasteiger partial charge in [-0.3, -0.25) is 4.79 Å². The van der Waals surface area contributed by atoms with Gasteiger partial charge in [0.25, 0.3) is 0 Å². The average molecular weight is 570 g/mol. The second-order valence-electron chi connectivity index (χ2n) is 10.0. The van der Waals surface area contributed by atoms with Crippen LogP contribution in [-0.4, -0.2) is 37.5 Å². The van der Waals surface area contributed by atoms with Gasteiger partial charge in [0.2, 0.25) is 5.91 Å². The lowest BCUT2D eigenvalue weighted by Crippen LogP contribution is -2.14. The van der Waals surface area contributed by atoms with Crippen molar-refractivity contribution in [3.63, 3.8) is 0 Å². The predicted molar refractivity (Wildman–Crippen MR) is 163 cm³/mol. The number of hydrogen-bond acceptors (Lipinski definition) is 7. The fourth-order valence-corrected chi connectivity index (χ4v) is 6.83. The summed E-state index contributed by atoms with van der Waals surface area (Å²) in [5.74, 6) is 1.84. The van der Waals surface area contributed by atoms with Gasteiger partial charge < -0.3 is 14.6 Å². The van der Waals surface area contributed by atoms with E-state index in [2.05, 4.69) is 47.6 Å². The molecule has 5 aromatic rings. The Hall–Kier alpha value is -3.69. The van der Waals surface area contributed by atoms with E-state index in [4.69, 9.17) is 9.72 Å². The Morgan fingerprint density at radius 1 is 1.02 bits per heavy atom. The number of thioether (sulfide) groups is 1. The molecule has 3 aromatic carbocycles. The van der Waals surface area contributed by atoms with Crippen LogP contribution in [0.15, 0.2) is 71.9 Å². The minimum absolute atomic E-state index is 0.0890. The molecule has 204 valence electrons. The fraction of sp³-hybridized carbons (Fsp3) is 0.290. The summed E-state index contributed by atoms with van der Waals surface area (Å²) in [6, 6.07) is 22.2. The van der Waals surface area contributed by atoms with Crippen LogP contribution in [0.4, 0.5) is 5.69 Å².